The van der Waals surface area contributed by atoms with Crippen molar-refractivity contribution in [1.82, 2.24) is 25.4 Å². The number of aromatic nitrogens is 4. The molecule has 0 spiro atoms. The lowest BCUT2D eigenvalue weighted by atomic mass is 10.4. The van der Waals surface area contributed by atoms with Crippen LogP contribution in [-0.4, -0.2) is 32.6 Å². The van der Waals surface area contributed by atoms with Gasteiger partial charge in [0.25, 0.3) is 5.91 Å². The van der Waals surface area contributed by atoms with Crippen molar-refractivity contribution in [2.75, 3.05) is 6.54 Å². The standard InChI is InChI=1S/C10H10ClN5O2/c1-6-14-9(18-16-6)2-3-13-10(17)7-4-12-5-8(11)15-7/h4-5H,2-3H2,1H3,(H,13,17). The summed E-state index contributed by atoms with van der Waals surface area (Å²) in [6.07, 6.45) is 3.16. The first-order chi connectivity index (χ1) is 8.65. The Morgan fingerprint density at radius 1 is 1.44 bits per heavy atom. The number of nitrogens with zero attached hydrogens (tertiary/aromatic N) is 4. The van der Waals surface area contributed by atoms with E-state index in [2.05, 4.69) is 25.4 Å². The van der Waals surface area contributed by atoms with Crippen LogP contribution in [0.4, 0.5) is 0 Å². The van der Waals surface area contributed by atoms with Crippen LogP contribution >= 0.6 is 11.6 Å². The summed E-state index contributed by atoms with van der Waals surface area (Å²) in [6, 6.07) is 0. The van der Waals surface area contributed by atoms with Gasteiger partial charge in [0.1, 0.15) is 10.8 Å². The van der Waals surface area contributed by atoms with Crippen LogP contribution in [0.5, 0.6) is 0 Å². The zero-order valence-electron chi connectivity index (χ0n) is 9.55. The summed E-state index contributed by atoms with van der Waals surface area (Å²) in [5, 5.41) is 6.48. The minimum atomic E-state index is -0.346. The number of hydrogen-bond acceptors (Lipinski definition) is 6. The number of amides is 1. The second-order valence-electron chi connectivity index (χ2n) is 3.47. The van der Waals surface area contributed by atoms with Gasteiger partial charge in [-0.05, 0) is 6.92 Å². The molecule has 2 aromatic rings. The second-order valence-corrected chi connectivity index (χ2v) is 3.86. The number of carbonyl (C=O) groups is 1. The van der Waals surface area contributed by atoms with Gasteiger partial charge in [0.15, 0.2) is 5.82 Å². The average molecular weight is 268 g/mol. The Bertz CT molecular complexity index is 557. The summed E-state index contributed by atoms with van der Waals surface area (Å²) >= 11 is 5.63. The van der Waals surface area contributed by atoms with E-state index < -0.39 is 0 Å². The van der Waals surface area contributed by atoms with Gasteiger partial charge in [-0.15, -0.1) is 0 Å². The Labute approximate surface area is 108 Å². The van der Waals surface area contributed by atoms with Gasteiger partial charge in [0, 0.05) is 13.0 Å². The van der Waals surface area contributed by atoms with Crippen LogP contribution in [0.1, 0.15) is 22.2 Å². The third-order valence-corrected chi connectivity index (χ3v) is 2.21. The maximum atomic E-state index is 11.7. The van der Waals surface area contributed by atoms with Crippen molar-refractivity contribution in [3.05, 3.63) is 35.0 Å². The Morgan fingerprint density at radius 2 is 2.28 bits per heavy atom. The molecule has 94 valence electrons. The molecule has 7 nitrogen and oxygen atoms in total. The Hall–Kier alpha value is -2.02. The molecule has 18 heavy (non-hydrogen) atoms. The van der Waals surface area contributed by atoms with Gasteiger partial charge in [0.05, 0.1) is 12.4 Å². The molecule has 0 bridgehead atoms. The van der Waals surface area contributed by atoms with E-state index in [0.29, 0.717) is 24.7 Å². The van der Waals surface area contributed by atoms with Crippen LogP contribution in [0.3, 0.4) is 0 Å². The molecule has 8 heteroatoms. The van der Waals surface area contributed by atoms with Crippen LogP contribution in [-0.2, 0) is 6.42 Å². The van der Waals surface area contributed by atoms with Gasteiger partial charge in [-0.1, -0.05) is 16.8 Å². The highest BCUT2D eigenvalue weighted by atomic mass is 35.5. The van der Waals surface area contributed by atoms with Gasteiger partial charge in [-0.2, -0.15) is 4.98 Å². The lowest BCUT2D eigenvalue weighted by molar-refractivity contribution is 0.0948. The SMILES string of the molecule is Cc1noc(CCNC(=O)c2cncc(Cl)n2)n1. The fourth-order valence-electron chi connectivity index (χ4n) is 1.27. The monoisotopic (exact) mass is 267 g/mol. The summed E-state index contributed by atoms with van der Waals surface area (Å²) in [7, 11) is 0. The summed E-state index contributed by atoms with van der Waals surface area (Å²) in [4.78, 5) is 23.3. The molecule has 1 amide bonds. The van der Waals surface area contributed by atoms with Gasteiger partial charge in [-0.3, -0.25) is 9.78 Å². The molecule has 0 aliphatic rings. The molecular formula is C10H10ClN5O2. The molecule has 0 aromatic carbocycles. The maximum Gasteiger partial charge on any atom is 0.271 e. The van der Waals surface area contributed by atoms with Gasteiger partial charge >= 0.3 is 0 Å². The van der Waals surface area contributed by atoms with Crippen LogP contribution in [0.15, 0.2) is 16.9 Å². The third kappa shape index (κ3) is 3.24. The van der Waals surface area contributed by atoms with Crippen LogP contribution in [0.2, 0.25) is 5.15 Å². The molecule has 0 saturated heterocycles. The molecule has 1 N–H and O–H groups in total. The number of carbonyl (C=O) groups excluding carboxylic acids is 1. The van der Waals surface area contributed by atoms with Crippen molar-refractivity contribution < 1.29 is 9.32 Å². The van der Waals surface area contributed by atoms with E-state index in [0.717, 1.165) is 0 Å². The average Bonchev–Trinajstić information content (AvgIpc) is 2.75. The summed E-state index contributed by atoms with van der Waals surface area (Å²) < 4.78 is 4.91. The smallest absolute Gasteiger partial charge is 0.271 e. The molecule has 0 fully saturated rings. The van der Waals surface area contributed by atoms with E-state index in [4.69, 9.17) is 16.1 Å². The molecule has 0 radical (unpaired) electrons. The first kappa shape index (κ1) is 12.4. The quantitative estimate of drug-likeness (QED) is 0.880. The predicted octanol–water partition coefficient (Wildman–Crippen LogP) is 0.794. The molecule has 0 atom stereocenters. The lowest BCUT2D eigenvalue weighted by Gasteiger charge is -2.02. The zero-order valence-corrected chi connectivity index (χ0v) is 10.3. The fraction of sp³-hybridized carbons (Fsp3) is 0.300. The van der Waals surface area contributed by atoms with Crippen LogP contribution < -0.4 is 5.32 Å². The Balaban J connectivity index is 1.85. The lowest BCUT2D eigenvalue weighted by Crippen LogP contribution is -2.26. The Kier molecular flexibility index (Phi) is 3.83. The molecule has 2 heterocycles. The first-order valence-corrected chi connectivity index (χ1v) is 5.58. The minimum Gasteiger partial charge on any atom is -0.350 e. The predicted molar refractivity (Wildman–Crippen MR) is 62.1 cm³/mol. The van der Waals surface area contributed by atoms with Crippen molar-refractivity contribution in [3.8, 4) is 0 Å². The molecule has 0 unspecified atom stereocenters. The van der Waals surface area contributed by atoms with Crippen LogP contribution in [0.25, 0.3) is 0 Å². The van der Waals surface area contributed by atoms with E-state index in [1.807, 2.05) is 0 Å². The number of nitrogens with one attached hydrogen (secondary N) is 1. The van der Waals surface area contributed by atoms with Crippen LogP contribution in [0, 0.1) is 6.92 Å². The van der Waals surface area contributed by atoms with Crippen molar-refractivity contribution in [3.63, 3.8) is 0 Å². The second kappa shape index (κ2) is 5.54. The highest BCUT2D eigenvalue weighted by Crippen LogP contribution is 2.02. The number of rotatable bonds is 4. The summed E-state index contributed by atoms with van der Waals surface area (Å²) in [6.45, 7) is 2.10. The van der Waals surface area contributed by atoms with Crippen molar-refractivity contribution in [2.45, 2.75) is 13.3 Å². The van der Waals surface area contributed by atoms with Crippen molar-refractivity contribution in [2.24, 2.45) is 0 Å². The van der Waals surface area contributed by atoms with Crippen molar-refractivity contribution in [1.29, 1.82) is 0 Å². The topological polar surface area (TPSA) is 93.8 Å². The van der Waals surface area contributed by atoms with E-state index in [-0.39, 0.29) is 16.8 Å². The molecule has 0 aliphatic carbocycles. The Morgan fingerprint density at radius 3 is 2.94 bits per heavy atom. The van der Waals surface area contributed by atoms with Gasteiger partial charge in [-0.25, -0.2) is 4.98 Å². The van der Waals surface area contributed by atoms with Gasteiger partial charge < -0.3 is 9.84 Å². The molecule has 2 rings (SSSR count). The molecule has 0 saturated carbocycles. The molecule has 2 aromatic heterocycles. The number of aryl methyl sites for hydroxylation is 1. The summed E-state index contributed by atoms with van der Waals surface area (Å²) in [5.74, 6) is 0.697. The van der Waals surface area contributed by atoms with E-state index >= 15 is 0 Å². The number of hydrogen-bond donors (Lipinski definition) is 1. The zero-order chi connectivity index (χ0) is 13.0. The normalized spacial score (nSPS) is 10.3. The largest absolute Gasteiger partial charge is 0.350 e. The summed E-state index contributed by atoms with van der Waals surface area (Å²) in [5.41, 5.74) is 0.171. The third-order valence-electron chi connectivity index (χ3n) is 2.03. The first-order valence-electron chi connectivity index (χ1n) is 5.20. The highest BCUT2D eigenvalue weighted by Gasteiger charge is 2.09. The van der Waals surface area contributed by atoms with Gasteiger partial charge in [0.2, 0.25) is 5.89 Å². The maximum absolute atomic E-state index is 11.7. The fourth-order valence-corrected chi connectivity index (χ4v) is 1.41. The molecule has 0 aliphatic heterocycles. The van der Waals surface area contributed by atoms with E-state index in [9.17, 15) is 4.79 Å². The van der Waals surface area contributed by atoms with E-state index in [1.165, 1.54) is 12.4 Å². The highest BCUT2D eigenvalue weighted by molar-refractivity contribution is 6.29. The molecular weight excluding hydrogens is 258 g/mol. The van der Waals surface area contributed by atoms with Crippen molar-refractivity contribution >= 4 is 17.5 Å². The number of halogens is 1. The minimum absolute atomic E-state index is 0.171. The van der Waals surface area contributed by atoms with E-state index in [1.54, 1.807) is 6.92 Å².